The van der Waals surface area contributed by atoms with E-state index in [0.29, 0.717) is 5.13 Å². The molecule has 1 atom stereocenters. The Morgan fingerprint density at radius 2 is 2.39 bits per heavy atom. The number of aromatic nitrogens is 1. The predicted octanol–water partition coefficient (Wildman–Crippen LogP) is 3.86. The zero-order chi connectivity index (χ0) is 13.0. The van der Waals surface area contributed by atoms with Crippen LogP contribution >= 0.6 is 22.7 Å². The van der Waals surface area contributed by atoms with Crippen LogP contribution in [0.4, 0.5) is 5.13 Å². The van der Waals surface area contributed by atoms with Gasteiger partial charge in [0, 0.05) is 10.3 Å². The molecule has 0 aliphatic rings. The number of aromatic carboxylic acids is 1. The molecule has 1 unspecified atom stereocenters. The molecule has 0 spiro atoms. The smallest absolute Gasteiger partial charge is 0.355 e. The number of carboxylic acid groups (broad SMARTS) is 1. The van der Waals surface area contributed by atoms with Crippen LogP contribution in [0.2, 0.25) is 0 Å². The van der Waals surface area contributed by atoms with Crippen LogP contribution in [0.5, 0.6) is 0 Å². The van der Waals surface area contributed by atoms with Crippen LogP contribution in [0.3, 0.4) is 0 Å². The maximum atomic E-state index is 10.8. The largest absolute Gasteiger partial charge is 0.476 e. The van der Waals surface area contributed by atoms with Gasteiger partial charge < -0.3 is 10.4 Å². The molecule has 0 radical (unpaired) electrons. The highest BCUT2D eigenvalue weighted by atomic mass is 32.1. The van der Waals surface area contributed by atoms with E-state index in [4.69, 9.17) is 5.11 Å². The Kier molecular flexibility index (Phi) is 4.33. The van der Waals surface area contributed by atoms with Crippen molar-refractivity contribution >= 4 is 33.8 Å². The van der Waals surface area contributed by atoms with Crippen molar-refractivity contribution in [1.82, 2.24) is 4.98 Å². The number of nitrogens with one attached hydrogen (secondary N) is 1. The molecule has 0 aliphatic carbocycles. The Morgan fingerprint density at radius 3 is 2.94 bits per heavy atom. The van der Waals surface area contributed by atoms with Crippen LogP contribution in [-0.2, 0) is 0 Å². The van der Waals surface area contributed by atoms with E-state index in [-0.39, 0.29) is 11.7 Å². The summed E-state index contributed by atoms with van der Waals surface area (Å²) >= 11 is 3.03. The summed E-state index contributed by atoms with van der Waals surface area (Å²) in [5.74, 6) is -0.984. The van der Waals surface area contributed by atoms with Gasteiger partial charge in [0.1, 0.15) is 0 Å². The SMILES string of the molecule is CCCC(Nc1nc(C(=O)O)cs1)c1cccs1. The molecule has 0 fully saturated rings. The van der Waals surface area contributed by atoms with Gasteiger partial charge >= 0.3 is 5.97 Å². The maximum absolute atomic E-state index is 10.8. The molecule has 2 heterocycles. The van der Waals surface area contributed by atoms with Gasteiger partial charge in [-0.2, -0.15) is 0 Å². The van der Waals surface area contributed by atoms with E-state index < -0.39 is 5.97 Å². The number of carboxylic acids is 1. The Labute approximate surface area is 113 Å². The number of thiazole rings is 1. The van der Waals surface area contributed by atoms with Crippen molar-refractivity contribution in [2.75, 3.05) is 5.32 Å². The molecule has 2 N–H and O–H groups in total. The van der Waals surface area contributed by atoms with Crippen LogP contribution in [0.15, 0.2) is 22.9 Å². The van der Waals surface area contributed by atoms with Gasteiger partial charge in [0.05, 0.1) is 6.04 Å². The van der Waals surface area contributed by atoms with Gasteiger partial charge in [-0.25, -0.2) is 9.78 Å². The molecule has 18 heavy (non-hydrogen) atoms. The van der Waals surface area contributed by atoms with Gasteiger partial charge in [-0.1, -0.05) is 19.4 Å². The molecule has 0 saturated heterocycles. The molecule has 6 heteroatoms. The van der Waals surface area contributed by atoms with Crippen molar-refractivity contribution in [2.24, 2.45) is 0 Å². The Balaban J connectivity index is 2.10. The molecule has 2 aromatic rings. The van der Waals surface area contributed by atoms with Crippen molar-refractivity contribution in [2.45, 2.75) is 25.8 Å². The summed E-state index contributed by atoms with van der Waals surface area (Å²) in [7, 11) is 0. The lowest BCUT2D eigenvalue weighted by Gasteiger charge is -2.15. The summed E-state index contributed by atoms with van der Waals surface area (Å²) in [5.41, 5.74) is 0.101. The minimum absolute atomic E-state index is 0.101. The first-order chi connectivity index (χ1) is 8.70. The molecular formula is C12H14N2O2S2. The normalized spacial score (nSPS) is 12.3. The highest BCUT2D eigenvalue weighted by Gasteiger charge is 2.15. The molecule has 0 aromatic carbocycles. The molecule has 0 amide bonds. The highest BCUT2D eigenvalue weighted by molar-refractivity contribution is 7.14. The number of thiophene rings is 1. The van der Waals surface area contributed by atoms with Crippen molar-refractivity contribution in [3.05, 3.63) is 33.5 Å². The van der Waals surface area contributed by atoms with E-state index in [2.05, 4.69) is 23.3 Å². The van der Waals surface area contributed by atoms with E-state index in [1.807, 2.05) is 11.4 Å². The van der Waals surface area contributed by atoms with Crippen molar-refractivity contribution in [3.63, 3.8) is 0 Å². The van der Waals surface area contributed by atoms with Gasteiger partial charge in [0.2, 0.25) is 0 Å². The lowest BCUT2D eigenvalue weighted by atomic mass is 10.1. The average molecular weight is 282 g/mol. The second kappa shape index (κ2) is 5.97. The summed E-state index contributed by atoms with van der Waals surface area (Å²) in [6, 6.07) is 4.32. The first kappa shape index (κ1) is 13.0. The number of rotatable bonds is 6. The lowest BCUT2D eigenvalue weighted by molar-refractivity contribution is 0.0691. The summed E-state index contributed by atoms with van der Waals surface area (Å²) in [4.78, 5) is 16.1. The van der Waals surface area contributed by atoms with E-state index in [0.717, 1.165) is 12.8 Å². The van der Waals surface area contributed by atoms with Gasteiger partial charge in [-0.15, -0.1) is 22.7 Å². The zero-order valence-corrected chi connectivity index (χ0v) is 11.6. The molecule has 0 saturated carbocycles. The minimum Gasteiger partial charge on any atom is -0.476 e. The average Bonchev–Trinajstić information content (AvgIpc) is 2.99. The molecule has 2 rings (SSSR count). The third kappa shape index (κ3) is 3.08. The zero-order valence-electron chi connectivity index (χ0n) is 9.92. The summed E-state index contributed by atoms with van der Waals surface area (Å²) in [5, 5.41) is 16.4. The molecule has 96 valence electrons. The van der Waals surface area contributed by atoms with Crippen molar-refractivity contribution < 1.29 is 9.90 Å². The fourth-order valence-corrected chi connectivity index (χ4v) is 3.20. The van der Waals surface area contributed by atoms with E-state index in [1.54, 1.807) is 16.7 Å². The number of anilines is 1. The Morgan fingerprint density at radius 1 is 1.56 bits per heavy atom. The lowest BCUT2D eigenvalue weighted by Crippen LogP contribution is -2.09. The number of hydrogen-bond acceptors (Lipinski definition) is 5. The van der Waals surface area contributed by atoms with Crippen LogP contribution < -0.4 is 5.32 Å². The quantitative estimate of drug-likeness (QED) is 0.844. The van der Waals surface area contributed by atoms with Gasteiger partial charge in [-0.05, 0) is 17.9 Å². The molecule has 0 aliphatic heterocycles. The third-order valence-corrected chi connectivity index (χ3v) is 4.24. The Bertz CT molecular complexity index is 508. The van der Waals surface area contributed by atoms with Crippen LogP contribution in [0.25, 0.3) is 0 Å². The van der Waals surface area contributed by atoms with Gasteiger partial charge in [0.25, 0.3) is 0 Å². The molecule has 4 nitrogen and oxygen atoms in total. The number of hydrogen-bond donors (Lipinski definition) is 2. The van der Waals surface area contributed by atoms with Crippen molar-refractivity contribution in [1.29, 1.82) is 0 Å². The molecule has 2 aromatic heterocycles. The first-order valence-electron chi connectivity index (χ1n) is 5.69. The second-order valence-corrected chi connectivity index (χ2v) is 5.68. The topological polar surface area (TPSA) is 62.2 Å². The predicted molar refractivity (Wildman–Crippen MR) is 74.7 cm³/mol. The highest BCUT2D eigenvalue weighted by Crippen LogP contribution is 2.28. The minimum atomic E-state index is -0.984. The summed E-state index contributed by atoms with van der Waals surface area (Å²) < 4.78 is 0. The van der Waals surface area contributed by atoms with Crippen LogP contribution in [0, 0.1) is 0 Å². The van der Waals surface area contributed by atoms with E-state index >= 15 is 0 Å². The maximum Gasteiger partial charge on any atom is 0.355 e. The fraction of sp³-hybridized carbons (Fsp3) is 0.333. The van der Waals surface area contributed by atoms with Gasteiger partial charge in [-0.3, -0.25) is 0 Å². The molecule has 0 bridgehead atoms. The first-order valence-corrected chi connectivity index (χ1v) is 7.45. The van der Waals surface area contributed by atoms with Crippen LogP contribution in [-0.4, -0.2) is 16.1 Å². The third-order valence-electron chi connectivity index (χ3n) is 2.48. The number of nitrogens with zero attached hydrogens (tertiary/aromatic N) is 1. The van der Waals surface area contributed by atoms with Crippen LogP contribution in [0.1, 0.15) is 41.2 Å². The number of carbonyl (C=O) groups is 1. The second-order valence-electron chi connectivity index (χ2n) is 3.84. The van der Waals surface area contributed by atoms with Crippen molar-refractivity contribution in [3.8, 4) is 0 Å². The monoisotopic (exact) mass is 282 g/mol. The summed E-state index contributed by atoms with van der Waals surface area (Å²) in [6.07, 6.45) is 2.06. The Hall–Kier alpha value is -1.40. The standard InChI is InChI=1S/C12H14N2O2S2/c1-2-4-8(10-5-3-6-17-10)13-12-14-9(7-18-12)11(15)16/h3,5-8H,2,4H2,1H3,(H,13,14)(H,15,16). The van der Waals surface area contributed by atoms with E-state index in [9.17, 15) is 4.79 Å². The molecular weight excluding hydrogens is 268 g/mol. The summed E-state index contributed by atoms with van der Waals surface area (Å²) in [6.45, 7) is 2.13. The fourth-order valence-electron chi connectivity index (χ4n) is 1.65. The van der Waals surface area contributed by atoms with E-state index in [1.165, 1.54) is 16.2 Å². The van der Waals surface area contributed by atoms with Gasteiger partial charge in [0.15, 0.2) is 10.8 Å².